The summed E-state index contributed by atoms with van der Waals surface area (Å²) in [7, 11) is -16.7. The Labute approximate surface area is 191 Å². The highest BCUT2D eigenvalue weighted by Gasteiger charge is 2.46. The zero-order valence-corrected chi connectivity index (χ0v) is 20.5. The maximum absolute atomic E-state index is 12.3. The molecule has 20 heteroatoms. The van der Waals surface area contributed by atoms with Gasteiger partial charge in [0.05, 0.1) is 6.61 Å². The Morgan fingerprint density at radius 2 is 1.79 bits per heavy atom. The number of nitrogens with zero attached hydrogens (tertiary/aromatic N) is 2. The first-order valence-electron chi connectivity index (χ1n) is 9.09. The molecule has 0 aromatic carbocycles. The molecule has 33 heavy (non-hydrogen) atoms. The monoisotopic (exact) mass is 556 g/mol. The van der Waals surface area contributed by atoms with Crippen LogP contribution in [-0.2, 0) is 31.6 Å². The Hall–Kier alpha value is -0.480. The van der Waals surface area contributed by atoms with Crippen molar-refractivity contribution in [2.75, 3.05) is 6.61 Å². The molecule has 2 heterocycles. The van der Waals surface area contributed by atoms with Crippen LogP contribution >= 0.6 is 35.2 Å². The minimum atomic E-state index is -5.72. The van der Waals surface area contributed by atoms with Crippen molar-refractivity contribution in [3.05, 3.63) is 22.7 Å². The zero-order chi connectivity index (χ0) is 25.2. The van der Waals surface area contributed by atoms with E-state index in [0.29, 0.717) is 5.03 Å². The fraction of sp³-hybridized carbons (Fsp3) is 0.692. The molecule has 1 saturated heterocycles. The maximum atomic E-state index is 12.3. The van der Waals surface area contributed by atoms with Crippen molar-refractivity contribution in [3.8, 4) is 0 Å². The van der Waals surface area contributed by atoms with Crippen molar-refractivity contribution in [3.63, 3.8) is 0 Å². The van der Waals surface area contributed by atoms with E-state index < -0.39 is 60.3 Å². The van der Waals surface area contributed by atoms with Crippen LogP contribution in [0.4, 0.5) is 0 Å². The fourth-order valence-electron chi connectivity index (χ4n) is 2.51. The summed E-state index contributed by atoms with van der Waals surface area (Å²) in [6.45, 7) is 2.91. The summed E-state index contributed by atoms with van der Waals surface area (Å²) in [5.74, 6) is 0. The van der Waals surface area contributed by atoms with E-state index in [-0.39, 0.29) is 5.25 Å². The van der Waals surface area contributed by atoms with Crippen LogP contribution in [0.5, 0.6) is 0 Å². The smallest absolute Gasteiger partial charge is 0.387 e. The van der Waals surface area contributed by atoms with Gasteiger partial charge in [0.2, 0.25) is 0 Å². The molecule has 16 nitrogen and oxygen atoms in total. The number of phosphoric acid groups is 3. The van der Waals surface area contributed by atoms with Gasteiger partial charge in [-0.3, -0.25) is 9.09 Å². The van der Waals surface area contributed by atoms with Crippen LogP contribution in [0.25, 0.3) is 0 Å². The average Bonchev–Trinajstić information content (AvgIpc) is 2.92. The summed E-state index contributed by atoms with van der Waals surface area (Å²) >= 11 is 1.36. The molecule has 190 valence electrons. The van der Waals surface area contributed by atoms with E-state index in [1.165, 1.54) is 24.0 Å². The lowest BCUT2D eigenvalue weighted by molar-refractivity contribution is -0.0543. The molecule has 3 unspecified atom stereocenters. The molecule has 0 saturated carbocycles. The van der Waals surface area contributed by atoms with Crippen molar-refractivity contribution >= 4 is 35.2 Å². The van der Waals surface area contributed by atoms with Crippen LogP contribution in [0.3, 0.4) is 0 Å². The molecule has 0 amide bonds. The lowest BCUT2D eigenvalue weighted by atomic mass is 10.1. The van der Waals surface area contributed by atoms with E-state index in [4.69, 9.17) is 19.4 Å². The number of ether oxygens (including phenoxy) is 1. The molecule has 6 N–H and O–H groups in total. The van der Waals surface area contributed by atoms with E-state index >= 15 is 0 Å². The third kappa shape index (κ3) is 8.60. The summed E-state index contributed by atoms with van der Waals surface area (Å²) in [6, 6.07) is 1.50. The van der Waals surface area contributed by atoms with Crippen molar-refractivity contribution in [1.29, 1.82) is 0 Å². The van der Waals surface area contributed by atoms with Gasteiger partial charge in [0, 0.05) is 11.4 Å². The molecule has 0 spiro atoms. The van der Waals surface area contributed by atoms with Gasteiger partial charge in [0.15, 0.2) is 6.23 Å². The number of hydrogen-bond acceptors (Lipinski definition) is 12. The minimum absolute atomic E-state index is 0.196. The Morgan fingerprint density at radius 1 is 1.15 bits per heavy atom. The predicted octanol–water partition coefficient (Wildman–Crippen LogP) is 0.0964. The number of aliphatic hydroxyl groups excluding tert-OH is 2. The number of phosphoric ester groups is 1. The first-order chi connectivity index (χ1) is 15.0. The quantitative estimate of drug-likeness (QED) is 0.120. The van der Waals surface area contributed by atoms with Gasteiger partial charge < -0.3 is 34.5 Å². The lowest BCUT2D eigenvalue weighted by Gasteiger charge is -2.19. The summed E-state index contributed by atoms with van der Waals surface area (Å²) in [4.78, 5) is 51.8. The lowest BCUT2D eigenvalue weighted by Crippen LogP contribution is -2.36. The second-order valence-electron chi connectivity index (χ2n) is 6.73. The molecule has 2 rings (SSSR count). The second kappa shape index (κ2) is 11.1. The topological polar surface area (TPSA) is 244 Å². The van der Waals surface area contributed by atoms with E-state index in [0.717, 1.165) is 11.0 Å². The summed E-state index contributed by atoms with van der Waals surface area (Å²) in [6.07, 6.45) is -4.27. The van der Waals surface area contributed by atoms with Crippen LogP contribution in [0.15, 0.2) is 22.1 Å². The first kappa shape index (κ1) is 28.8. The standard InChI is InChI=1S/C13H23N2O14P3S/c1-3-7(2)33-9-4-5-15(13(18)14-9)12-11(17)10(16)8(27-12)6-26-31(22,23)29-32(24,25)28-30(19,20)21/h4-5,7-8,10-12,16-17H,3,6H2,1-2H3,(H,22,23)(H,24,25)(H2,19,20,21)/t7?,8-,10-,11-,12-/m1/s1. The molecule has 0 bridgehead atoms. The van der Waals surface area contributed by atoms with Crippen molar-refractivity contribution in [2.45, 2.75) is 55.1 Å². The second-order valence-corrected chi connectivity index (χ2v) is 12.6. The Morgan fingerprint density at radius 3 is 2.33 bits per heavy atom. The minimum Gasteiger partial charge on any atom is -0.387 e. The zero-order valence-electron chi connectivity index (χ0n) is 17.0. The van der Waals surface area contributed by atoms with Crippen LogP contribution in [0.2, 0.25) is 0 Å². The molecule has 0 aliphatic carbocycles. The Balaban J connectivity index is 2.06. The predicted molar refractivity (Wildman–Crippen MR) is 110 cm³/mol. The van der Waals surface area contributed by atoms with Crippen LogP contribution in [0.1, 0.15) is 26.5 Å². The molecule has 1 aliphatic rings. The molecule has 0 radical (unpaired) electrons. The van der Waals surface area contributed by atoms with Crippen molar-refractivity contribution in [1.82, 2.24) is 9.55 Å². The number of aromatic nitrogens is 2. The fourth-order valence-corrected chi connectivity index (χ4v) is 6.39. The molecule has 7 atom stereocenters. The van der Waals surface area contributed by atoms with Gasteiger partial charge in [0.25, 0.3) is 0 Å². The highest BCUT2D eigenvalue weighted by atomic mass is 32.2. The number of thioether (sulfide) groups is 1. The average molecular weight is 556 g/mol. The molecule has 1 aliphatic heterocycles. The normalized spacial score (nSPS) is 28.2. The molecule has 1 aromatic rings. The van der Waals surface area contributed by atoms with Crippen molar-refractivity contribution in [2.24, 2.45) is 0 Å². The Bertz CT molecular complexity index is 1030. The Kier molecular flexibility index (Phi) is 9.64. The molecule has 1 fully saturated rings. The van der Waals surface area contributed by atoms with Crippen LogP contribution in [0, 0.1) is 0 Å². The van der Waals surface area contributed by atoms with Gasteiger partial charge >= 0.3 is 29.2 Å². The summed E-state index contributed by atoms with van der Waals surface area (Å²) < 4.78 is 51.5. The summed E-state index contributed by atoms with van der Waals surface area (Å²) in [5.41, 5.74) is -0.798. The molecular weight excluding hydrogens is 533 g/mol. The highest BCUT2D eigenvalue weighted by Crippen LogP contribution is 2.66. The van der Waals surface area contributed by atoms with Gasteiger partial charge in [-0.05, 0) is 12.5 Å². The van der Waals surface area contributed by atoms with Gasteiger partial charge in [-0.15, -0.1) is 11.8 Å². The summed E-state index contributed by atoms with van der Waals surface area (Å²) in [5, 5.41) is 21.0. The third-order valence-corrected chi connectivity index (χ3v) is 9.14. The maximum Gasteiger partial charge on any atom is 0.490 e. The number of aliphatic hydroxyl groups is 2. The van der Waals surface area contributed by atoms with E-state index in [9.17, 15) is 33.6 Å². The largest absolute Gasteiger partial charge is 0.490 e. The number of rotatable bonds is 11. The third-order valence-electron chi connectivity index (χ3n) is 4.13. The number of hydrogen-bond donors (Lipinski definition) is 6. The van der Waals surface area contributed by atoms with Crippen LogP contribution < -0.4 is 5.69 Å². The van der Waals surface area contributed by atoms with Gasteiger partial charge in [-0.25, -0.2) is 18.5 Å². The molecule has 1 aromatic heterocycles. The highest BCUT2D eigenvalue weighted by molar-refractivity contribution is 7.99. The van der Waals surface area contributed by atoms with E-state index in [2.05, 4.69) is 18.1 Å². The SMILES string of the molecule is CCC(C)Sc1ccn([C@@H]2O[C@H](COP(=O)(O)OP(=O)(O)OP(=O)(O)O)[C@@H](O)[C@H]2O)c(=O)n1. The van der Waals surface area contributed by atoms with Crippen molar-refractivity contribution < 1.29 is 61.4 Å². The van der Waals surface area contributed by atoms with E-state index in [1.54, 1.807) is 0 Å². The first-order valence-corrected chi connectivity index (χ1v) is 14.5. The van der Waals surface area contributed by atoms with Gasteiger partial charge in [0.1, 0.15) is 23.3 Å². The van der Waals surface area contributed by atoms with Crippen LogP contribution in [-0.4, -0.2) is 69.5 Å². The van der Waals surface area contributed by atoms with E-state index in [1.807, 2.05) is 13.8 Å². The molecular formula is C13H23N2O14P3S. The van der Waals surface area contributed by atoms with Gasteiger partial charge in [-0.2, -0.15) is 13.6 Å². The van der Waals surface area contributed by atoms with Gasteiger partial charge in [-0.1, -0.05) is 13.8 Å².